The number of nitrogens with zero attached hydrogens (tertiary/aromatic N) is 1. The van der Waals surface area contributed by atoms with Crippen molar-refractivity contribution in [2.24, 2.45) is 0 Å². The number of benzene rings is 1. The van der Waals surface area contributed by atoms with Gasteiger partial charge >= 0.3 is 0 Å². The maximum atomic E-state index is 8.84. The number of nitriles is 1. The van der Waals surface area contributed by atoms with Gasteiger partial charge in [0.25, 0.3) is 0 Å². The molecule has 0 heterocycles. The lowest BCUT2D eigenvalue weighted by Gasteiger charge is -2.43. The second-order valence-electron chi connectivity index (χ2n) is 4.42. The van der Waals surface area contributed by atoms with Crippen molar-refractivity contribution in [3.05, 3.63) is 28.2 Å². The van der Waals surface area contributed by atoms with Crippen LogP contribution in [0.4, 0.5) is 5.69 Å². The Morgan fingerprint density at radius 3 is 2.69 bits per heavy atom. The van der Waals surface area contributed by atoms with Crippen LogP contribution in [-0.4, -0.2) is 5.54 Å². The molecule has 84 valence electrons. The van der Waals surface area contributed by atoms with Crippen molar-refractivity contribution in [1.29, 1.82) is 5.26 Å². The molecule has 0 atom stereocenters. The lowest BCUT2D eigenvalue weighted by Crippen LogP contribution is -2.44. The average Bonchev–Trinajstić information content (AvgIpc) is 2.24. The van der Waals surface area contributed by atoms with E-state index in [0.717, 1.165) is 16.6 Å². The van der Waals surface area contributed by atoms with Crippen molar-refractivity contribution < 1.29 is 0 Å². The predicted octanol–water partition coefficient (Wildman–Crippen LogP) is 4.07. The van der Waals surface area contributed by atoms with Crippen LogP contribution in [0.25, 0.3) is 0 Å². The summed E-state index contributed by atoms with van der Waals surface area (Å²) in [6.45, 7) is 2.23. The highest BCUT2D eigenvalue weighted by Gasteiger charge is 2.34. The normalized spacial score (nSPS) is 17.3. The van der Waals surface area contributed by atoms with Crippen LogP contribution in [0.3, 0.4) is 0 Å². The van der Waals surface area contributed by atoms with Crippen molar-refractivity contribution in [1.82, 2.24) is 0 Å². The van der Waals surface area contributed by atoms with E-state index < -0.39 is 0 Å². The number of halogens is 1. The first-order valence-corrected chi connectivity index (χ1v) is 6.46. The van der Waals surface area contributed by atoms with Crippen LogP contribution < -0.4 is 5.32 Å². The molecule has 1 aromatic carbocycles. The quantitative estimate of drug-likeness (QED) is 0.905. The Bertz CT molecular complexity index is 425. The van der Waals surface area contributed by atoms with Crippen molar-refractivity contribution in [2.75, 3.05) is 5.32 Å². The highest BCUT2D eigenvalue weighted by Crippen LogP contribution is 2.38. The third-order valence-corrected chi connectivity index (χ3v) is 4.14. The molecule has 2 nitrogen and oxygen atoms in total. The SMILES string of the molecule is CCC1(Nc2ccc(C#N)c(Br)c2)CCC1. The molecule has 16 heavy (non-hydrogen) atoms. The zero-order valence-electron chi connectivity index (χ0n) is 9.39. The highest BCUT2D eigenvalue weighted by atomic mass is 79.9. The summed E-state index contributed by atoms with van der Waals surface area (Å²) in [5, 5.41) is 12.4. The van der Waals surface area contributed by atoms with Crippen LogP contribution in [0.5, 0.6) is 0 Å². The Labute approximate surface area is 105 Å². The van der Waals surface area contributed by atoms with Gasteiger partial charge in [-0.3, -0.25) is 0 Å². The minimum atomic E-state index is 0.299. The molecule has 1 aromatic rings. The van der Waals surface area contributed by atoms with Crippen LogP contribution in [0, 0.1) is 11.3 Å². The molecule has 0 aliphatic heterocycles. The van der Waals surface area contributed by atoms with Crippen LogP contribution in [0.1, 0.15) is 38.2 Å². The van der Waals surface area contributed by atoms with Crippen LogP contribution in [0.15, 0.2) is 22.7 Å². The summed E-state index contributed by atoms with van der Waals surface area (Å²) in [7, 11) is 0. The summed E-state index contributed by atoms with van der Waals surface area (Å²) in [5.74, 6) is 0. The molecule has 0 radical (unpaired) electrons. The summed E-state index contributed by atoms with van der Waals surface area (Å²) < 4.78 is 0.866. The highest BCUT2D eigenvalue weighted by molar-refractivity contribution is 9.10. The van der Waals surface area contributed by atoms with Crippen molar-refractivity contribution in [2.45, 2.75) is 38.1 Å². The lowest BCUT2D eigenvalue weighted by molar-refractivity contribution is 0.269. The van der Waals surface area contributed by atoms with E-state index in [2.05, 4.69) is 34.2 Å². The minimum Gasteiger partial charge on any atom is -0.380 e. The molecule has 1 fully saturated rings. The molecular weight excluding hydrogens is 264 g/mol. The van der Waals surface area contributed by atoms with E-state index in [0.29, 0.717) is 11.1 Å². The van der Waals surface area contributed by atoms with E-state index in [1.807, 2.05) is 18.2 Å². The number of anilines is 1. The molecule has 0 spiro atoms. The number of rotatable bonds is 3. The van der Waals surface area contributed by atoms with Gasteiger partial charge in [-0.25, -0.2) is 0 Å². The molecule has 1 aliphatic rings. The Kier molecular flexibility index (Phi) is 3.20. The van der Waals surface area contributed by atoms with Gasteiger partial charge in [0, 0.05) is 15.7 Å². The summed E-state index contributed by atoms with van der Waals surface area (Å²) in [6, 6.07) is 7.99. The van der Waals surface area contributed by atoms with Crippen LogP contribution >= 0.6 is 15.9 Å². The smallest absolute Gasteiger partial charge is 0.100 e. The first-order valence-electron chi connectivity index (χ1n) is 5.67. The largest absolute Gasteiger partial charge is 0.380 e. The fourth-order valence-electron chi connectivity index (χ4n) is 2.16. The van der Waals surface area contributed by atoms with Gasteiger partial charge in [0.15, 0.2) is 0 Å². The molecule has 0 unspecified atom stereocenters. The first-order chi connectivity index (χ1) is 7.69. The zero-order chi connectivity index (χ0) is 11.6. The Balaban J connectivity index is 2.16. The predicted molar refractivity (Wildman–Crippen MR) is 69.4 cm³/mol. The average molecular weight is 279 g/mol. The van der Waals surface area contributed by atoms with Crippen molar-refractivity contribution in [3.8, 4) is 6.07 Å². The van der Waals surface area contributed by atoms with E-state index in [1.54, 1.807) is 0 Å². The number of nitrogens with one attached hydrogen (secondary N) is 1. The summed E-state index contributed by atoms with van der Waals surface area (Å²) >= 11 is 3.41. The van der Waals surface area contributed by atoms with E-state index in [1.165, 1.54) is 19.3 Å². The van der Waals surface area contributed by atoms with Gasteiger partial charge in [0.1, 0.15) is 6.07 Å². The van der Waals surface area contributed by atoms with E-state index >= 15 is 0 Å². The monoisotopic (exact) mass is 278 g/mol. The molecule has 1 aliphatic carbocycles. The molecule has 1 saturated carbocycles. The van der Waals surface area contributed by atoms with Crippen molar-refractivity contribution in [3.63, 3.8) is 0 Å². The van der Waals surface area contributed by atoms with Gasteiger partial charge in [-0.05, 0) is 59.8 Å². The van der Waals surface area contributed by atoms with Gasteiger partial charge in [-0.15, -0.1) is 0 Å². The number of hydrogen-bond donors (Lipinski definition) is 1. The maximum absolute atomic E-state index is 8.84. The topological polar surface area (TPSA) is 35.8 Å². The molecule has 0 bridgehead atoms. The van der Waals surface area contributed by atoms with Gasteiger partial charge < -0.3 is 5.32 Å². The zero-order valence-corrected chi connectivity index (χ0v) is 11.0. The fourth-order valence-corrected chi connectivity index (χ4v) is 2.63. The first kappa shape index (κ1) is 11.5. The molecule has 2 rings (SSSR count). The third kappa shape index (κ3) is 2.08. The Morgan fingerprint density at radius 2 is 2.25 bits per heavy atom. The number of hydrogen-bond acceptors (Lipinski definition) is 2. The van der Waals surface area contributed by atoms with E-state index in [4.69, 9.17) is 5.26 Å². The van der Waals surface area contributed by atoms with Gasteiger partial charge in [-0.1, -0.05) is 6.92 Å². The molecule has 1 N–H and O–H groups in total. The molecule has 0 amide bonds. The van der Waals surface area contributed by atoms with Gasteiger partial charge in [0.2, 0.25) is 0 Å². The second kappa shape index (κ2) is 4.47. The Morgan fingerprint density at radius 1 is 1.50 bits per heavy atom. The Hall–Kier alpha value is -1.01. The maximum Gasteiger partial charge on any atom is 0.100 e. The summed E-state index contributed by atoms with van der Waals surface area (Å²) in [5.41, 5.74) is 2.09. The van der Waals surface area contributed by atoms with Crippen molar-refractivity contribution >= 4 is 21.6 Å². The van der Waals surface area contributed by atoms with Crippen LogP contribution in [0.2, 0.25) is 0 Å². The molecule has 3 heteroatoms. The van der Waals surface area contributed by atoms with Gasteiger partial charge in [0.05, 0.1) is 5.56 Å². The van der Waals surface area contributed by atoms with E-state index in [-0.39, 0.29) is 0 Å². The van der Waals surface area contributed by atoms with Crippen LogP contribution in [-0.2, 0) is 0 Å². The molecule has 0 aromatic heterocycles. The summed E-state index contributed by atoms with van der Waals surface area (Å²) in [4.78, 5) is 0. The molecule has 0 saturated heterocycles. The minimum absolute atomic E-state index is 0.299. The van der Waals surface area contributed by atoms with E-state index in [9.17, 15) is 0 Å². The second-order valence-corrected chi connectivity index (χ2v) is 5.27. The van der Waals surface area contributed by atoms with Gasteiger partial charge in [-0.2, -0.15) is 5.26 Å². The fraction of sp³-hybridized carbons (Fsp3) is 0.462. The lowest BCUT2D eigenvalue weighted by atomic mass is 9.74. The molecular formula is C13H15BrN2. The summed E-state index contributed by atoms with van der Waals surface area (Å²) in [6.07, 6.45) is 4.98. The standard InChI is InChI=1S/C13H15BrN2/c1-2-13(6-3-7-13)16-11-5-4-10(9-15)12(14)8-11/h4-5,8,16H,2-3,6-7H2,1H3. The third-order valence-electron chi connectivity index (χ3n) is 3.49.